The Morgan fingerprint density at radius 3 is 2.36 bits per heavy atom. The lowest BCUT2D eigenvalue weighted by molar-refractivity contribution is -0.121. The van der Waals surface area contributed by atoms with Gasteiger partial charge in [0.25, 0.3) is 10.0 Å². The Balaban J connectivity index is 2.54. The van der Waals surface area contributed by atoms with E-state index in [1.165, 1.54) is 43.3 Å². The summed E-state index contributed by atoms with van der Waals surface area (Å²) in [4.78, 5) is 12.4. The normalized spacial score (nSPS) is 12.5. The summed E-state index contributed by atoms with van der Waals surface area (Å²) >= 11 is 11.8. The number of hydrogen-bond donors (Lipinski definition) is 1. The number of halogens is 3. The minimum atomic E-state index is -4.27. The fourth-order valence-corrected chi connectivity index (χ4v) is 4.47. The number of hydrogen-bond acceptors (Lipinski definition) is 3. The first-order valence-electron chi connectivity index (χ1n) is 8.71. The minimum Gasteiger partial charge on any atom is -0.354 e. The Bertz CT molecular complexity index is 937. The number of rotatable bonds is 8. The highest BCUT2D eigenvalue weighted by molar-refractivity contribution is 7.93. The van der Waals surface area contributed by atoms with Crippen molar-refractivity contribution in [3.63, 3.8) is 0 Å². The molecule has 28 heavy (non-hydrogen) atoms. The van der Waals surface area contributed by atoms with Crippen molar-refractivity contribution in [2.75, 3.05) is 10.8 Å². The quantitative estimate of drug-likeness (QED) is 0.600. The van der Waals surface area contributed by atoms with E-state index >= 15 is 0 Å². The van der Waals surface area contributed by atoms with Crippen LogP contribution in [0.25, 0.3) is 0 Å². The highest BCUT2D eigenvalue weighted by Crippen LogP contribution is 2.31. The summed E-state index contributed by atoms with van der Waals surface area (Å²) in [7, 11) is -4.27. The van der Waals surface area contributed by atoms with Gasteiger partial charge in [-0.3, -0.25) is 9.10 Å². The van der Waals surface area contributed by atoms with Crippen molar-refractivity contribution in [3.8, 4) is 0 Å². The number of carbonyl (C=O) groups is 1. The number of amides is 1. The van der Waals surface area contributed by atoms with E-state index in [2.05, 4.69) is 5.32 Å². The highest BCUT2D eigenvalue weighted by atomic mass is 35.5. The molecule has 0 saturated heterocycles. The van der Waals surface area contributed by atoms with Crippen molar-refractivity contribution >= 4 is 44.8 Å². The Kier molecular flexibility index (Phi) is 7.69. The lowest BCUT2D eigenvalue weighted by atomic mass is 10.2. The molecule has 0 radical (unpaired) electrons. The van der Waals surface area contributed by atoms with Gasteiger partial charge in [-0.25, -0.2) is 12.8 Å². The smallest absolute Gasteiger partial charge is 0.265 e. The number of carbonyl (C=O) groups excluding carboxylic acids is 1. The lowest BCUT2D eigenvalue weighted by Crippen LogP contribution is -2.48. The number of sulfonamides is 1. The number of anilines is 1. The molecule has 0 aliphatic rings. The minimum absolute atomic E-state index is 0.121. The summed E-state index contributed by atoms with van der Waals surface area (Å²) in [5.41, 5.74) is -0.305. The number of unbranched alkanes of at least 4 members (excludes halogenated alkanes) is 1. The first-order valence-corrected chi connectivity index (χ1v) is 10.9. The van der Waals surface area contributed by atoms with Crippen molar-refractivity contribution in [1.29, 1.82) is 0 Å². The Morgan fingerprint density at radius 2 is 1.75 bits per heavy atom. The van der Waals surface area contributed by atoms with Crippen LogP contribution in [0.3, 0.4) is 0 Å². The van der Waals surface area contributed by atoms with Gasteiger partial charge in [-0.1, -0.05) is 36.5 Å². The van der Waals surface area contributed by atoms with Crippen LogP contribution in [-0.4, -0.2) is 26.9 Å². The van der Waals surface area contributed by atoms with Gasteiger partial charge in [-0.15, -0.1) is 0 Å². The molecule has 0 aliphatic carbocycles. The van der Waals surface area contributed by atoms with E-state index in [0.717, 1.165) is 23.2 Å². The second kappa shape index (κ2) is 9.58. The first-order chi connectivity index (χ1) is 13.2. The van der Waals surface area contributed by atoms with Gasteiger partial charge in [0.2, 0.25) is 5.91 Å². The van der Waals surface area contributed by atoms with E-state index in [9.17, 15) is 17.6 Å². The second-order valence-electron chi connectivity index (χ2n) is 6.17. The summed E-state index contributed by atoms with van der Waals surface area (Å²) in [5.74, 6) is -1.35. The number of nitrogens with zero attached hydrogens (tertiary/aromatic N) is 1. The third-order valence-corrected chi connectivity index (χ3v) is 6.46. The summed E-state index contributed by atoms with van der Waals surface area (Å²) in [6.45, 7) is 3.76. The predicted molar refractivity (Wildman–Crippen MR) is 110 cm³/mol. The summed E-state index contributed by atoms with van der Waals surface area (Å²) < 4.78 is 41.8. The maximum atomic E-state index is 14.5. The molecule has 2 aromatic rings. The maximum Gasteiger partial charge on any atom is 0.265 e. The zero-order valence-electron chi connectivity index (χ0n) is 15.5. The largest absolute Gasteiger partial charge is 0.354 e. The molecule has 0 aliphatic heterocycles. The van der Waals surface area contributed by atoms with Gasteiger partial charge in [-0.05, 0) is 55.8 Å². The van der Waals surface area contributed by atoms with Crippen LogP contribution in [0, 0.1) is 5.82 Å². The van der Waals surface area contributed by atoms with Crippen LogP contribution in [0.1, 0.15) is 26.7 Å². The fraction of sp³-hybridized carbons (Fsp3) is 0.316. The van der Waals surface area contributed by atoms with E-state index in [-0.39, 0.29) is 15.6 Å². The molecule has 5 nitrogen and oxygen atoms in total. The molecule has 0 heterocycles. The highest BCUT2D eigenvalue weighted by Gasteiger charge is 2.35. The molecule has 2 rings (SSSR count). The van der Waals surface area contributed by atoms with Crippen molar-refractivity contribution in [2.45, 2.75) is 37.6 Å². The molecule has 0 unspecified atom stereocenters. The van der Waals surface area contributed by atoms with Crippen LogP contribution in [-0.2, 0) is 14.8 Å². The average molecular weight is 447 g/mol. The van der Waals surface area contributed by atoms with Gasteiger partial charge >= 0.3 is 0 Å². The zero-order chi connectivity index (χ0) is 20.9. The fourth-order valence-electron chi connectivity index (χ4n) is 2.56. The molecule has 0 saturated carbocycles. The second-order valence-corrected chi connectivity index (χ2v) is 8.86. The Morgan fingerprint density at radius 1 is 1.14 bits per heavy atom. The third kappa shape index (κ3) is 5.16. The van der Waals surface area contributed by atoms with E-state index in [0.29, 0.717) is 11.6 Å². The molecular weight excluding hydrogens is 426 g/mol. The molecular formula is C19H21Cl2FN2O3S. The molecule has 152 valence electrons. The van der Waals surface area contributed by atoms with Crippen LogP contribution in [0.15, 0.2) is 47.4 Å². The first kappa shape index (κ1) is 22.5. The van der Waals surface area contributed by atoms with Gasteiger partial charge in [0.05, 0.1) is 10.6 Å². The summed E-state index contributed by atoms with van der Waals surface area (Å²) in [6.07, 6.45) is 1.61. The molecule has 0 bridgehead atoms. The predicted octanol–water partition coefficient (Wildman–Crippen LogP) is 4.63. The van der Waals surface area contributed by atoms with Crippen molar-refractivity contribution in [2.24, 2.45) is 0 Å². The van der Waals surface area contributed by atoms with Crippen LogP contribution >= 0.6 is 23.2 Å². The SMILES string of the molecule is CCCCNC(=O)[C@@H](C)N(c1cc(Cl)ccc1F)S(=O)(=O)c1ccc(Cl)cc1. The van der Waals surface area contributed by atoms with E-state index in [1.807, 2.05) is 6.92 Å². The molecule has 2 aromatic carbocycles. The van der Waals surface area contributed by atoms with Gasteiger partial charge in [0.1, 0.15) is 11.9 Å². The standard InChI is InChI=1S/C19H21Cl2FN2O3S/c1-3-4-11-23-19(25)13(2)24(18-12-15(21)7-10-17(18)22)28(26,27)16-8-5-14(20)6-9-16/h5-10,12-13H,3-4,11H2,1-2H3,(H,23,25)/t13-/m1/s1. The van der Waals surface area contributed by atoms with Crippen LogP contribution in [0.5, 0.6) is 0 Å². The molecule has 0 spiro atoms. The maximum absolute atomic E-state index is 14.5. The molecule has 1 amide bonds. The number of benzene rings is 2. The molecule has 0 aromatic heterocycles. The van der Waals surface area contributed by atoms with Crippen molar-refractivity contribution in [3.05, 3.63) is 58.3 Å². The van der Waals surface area contributed by atoms with E-state index in [1.54, 1.807) is 0 Å². The van der Waals surface area contributed by atoms with Gasteiger partial charge < -0.3 is 5.32 Å². The molecule has 1 N–H and O–H groups in total. The molecule has 0 fully saturated rings. The van der Waals surface area contributed by atoms with Crippen LogP contribution in [0.2, 0.25) is 10.0 Å². The monoisotopic (exact) mass is 446 g/mol. The Labute approximate surface area is 174 Å². The van der Waals surface area contributed by atoms with Gasteiger partial charge in [0, 0.05) is 16.6 Å². The summed E-state index contributed by atoms with van der Waals surface area (Å²) in [6, 6.07) is 7.76. The third-order valence-electron chi connectivity index (χ3n) is 4.08. The zero-order valence-corrected chi connectivity index (χ0v) is 17.8. The average Bonchev–Trinajstić information content (AvgIpc) is 2.65. The molecule has 1 atom stereocenters. The lowest BCUT2D eigenvalue weighted by Gasteiger charge is -2.30. The van der Waals surface area contributed by atoms with Crippen molar-refractivity contribution < 1.29 is 17.6 Å². The van der Waals surface area contributed by atoms with Crippen LogP contribution < -0.4 is 9.62 Å². The van der Waals surface area contributed by atoms with Gasteiger partial charge in [-0.2, -0.15) is 0 Å². The Hall–Kier alpha value is -1.83. The van der Waals surface area contributed by atoms with E-state index in [4.69, 9.17) is 23.2 Å². The summed E-state index contributed by atoms with van der Waals surface area (Å²) in [5, 5.41) is 3.18. The topological polar surface area (TPSA) is 66.5 Å². The molecule has 9 heteroatoms. The van der Waals surface area contributed by atoms with E-state index < -0.39 is 27.8 Å². The van der Waals surface area contributed by atoms with Crippen LogP contribution in [0.4, 0.5) is 10.1 Å². The number of nitrogens with one attached hydrogen (secondary N) is 1. The van der Waals surface area contributed by atoms with Crippen molar-refractivity contribution in [1.82, 2.24) is 5.32 Å². The van der Waals surface area contributed by atoms with Gasteiger partial charge in [0.15, 0.2) is 0 Å².